The number of anilines is 1. The van der Waals surface area contributed by atoms with Crippen LogP contribution in [0.3, 0.4) is 0 Å². The number of hydrogen-bond donors (Lipinski definition) is 1. The molecule has 0 aromatic heterocycles. The lowest BCUT2D eigenvalue weighted by Crippen LogP contribution is -2.22. The molecule has 7 heteroatoms. The van der Waals surface area contributed by atoms with Gasteiger partial charge in [-0.2, -0.15) is 0 Å². The Morgan fingerprint density at radius 1 is 1.11 bits per heavy atom. The van der Waals surface area contributed by atoms with Gasteiger partial charge in [-0.3, -0.25) is 9.79 Å². The van der Waals surface area contributed by atoms with Crippen molar-refractivity contribution in [2.24, 2.45) is 4.99 Å². The number of rotatable bonds is 7. The predicted octanol–water partition coefficient (Wildman–Crippen LogP) is 5.44. The highest BCUT2D eigenvalue weighted by Crippen LogP contribution is 2.38. The van der Waals surface area contributed by atoms with E-state index >= 15 is 0 Å². The third-order valence-electron chi connectivity index (χ3n) is 5.60. The van der Waals surface area contributed by atoms with E-state index in [0.29, 0.717) is 16.4 Å². The predicted molar refractivity (Wildman–Crippen MR) is 140 cm³/mol. The van der Waals surface area contributed by atoms with Crippen LogP contribution in [0.2, 0.25) is 5.02 Å². The summed E-state index contributed by atoms with van der Waals surface area (Å²) in [4.78, 5) is 31.8. The lowest BCUT2D eigenvalue weighted by molar-refractivity contribution is -0.134. The van der Waals surface area contributed by atoms with Crippen LogP contribution in [0, 0.1) is 0 Å². The first-order valence-electron chi connectivity index (χ1n) is 11.1. The van der Waals surface area contributed by atoms with Crippen LogP contribution in [0.1, 0.15) is 28.2 Å². The number of aliphatic imine (C=N–C) groups is 1. The maximum atomic E-state index is 13.1. The van der Waals surface area contributed by atoms with E-state index in [4.69, 9.17) is 21.3 Å². The van der Waals surface area contributed by atoms with E-state index in [1.54, 1.807) is 18.2 Å². The summed E-state index contributed by atoms with van der Waals surface area (Å²) in [7, 11) is 5.38. The average molecular weight is 488 g/mol. The van der Waals surface area contributed by atoms with E-state index in [0.717, 1.165) is 28.9 Å². The first-order valence-corrected chi connectivity index (χ1v) is 11.5. The van der Waals surface area contributed by atoms with E-state index < -0.39 is 11.9 Å². The molecule has 0 aliphatic carbocycles. The summed E-state index contributed by atoms with van der Waals surface area (Å²) < 4.78 is 4.69. The third-order valence-corrected chi connectivity index (χ3v) is 5.84. The minimum Gasteiger partial charge on any atom is -0.466 e. The summed E-state index contributed by atoms with van der Waals surface area (Å²) in [6.45, 7) is 0.824. The van der Waals surface area contributed by atoms with Gasteiger partial charge in [-0.05, 0) is 72.8 Å². The first-order chi connectivity index (χ1) is 16.8. The standard InChI is InChI=1S/C28H26ClN3O3/c1-32(2)17-19-7-11-22(12-8-19)30-27(20-6-4-5-18(15-20)9-14-25(33)35-3)26-23-13-10-21(29)16-24(23)31-28(26)34/h4-16,26H,17H2,1-3H3,(H,31,34). The number of halogens is 1. The van der Waals surface area contributed by atoms with Crippen molar-refractivity contribution in [1.82, 2.24) is 4.90 Å². The molecule has 3 aromatic rings. The number of ether oxygens (including phenoxy) is 1. The minimum atomic E-state index is -0.608. The van der Waals surface area contributed by atoms with Gasteiger partial charge in [0.2, 0.25) is 5.91 Å². The number of methoxy groups -OCH3 is 1. The Morgan fingerprint density at radius 3 is 2.60 bits per heavy atom. The summed E-state index contributed by atoms with van der Waals surface area (Å²) in [5.74, 6) is -1.22. The zero-order valence-electron chi connectivity index (χ0n) is 19.8. The highest BCUT2D eigenvalue weighted by atomic mass is 35.5. The Kier molecular flexibility index (Phi) is 7.44. The van der Waals surface area contributed by atoms with E-state index in [-0.39, 0.29) is 5.91 Å². The summed E-state index contributed by atoms with van der Waals surface area (Å²) in [6, 6.07) is 20.9. The molecule has 1 unspecified atom stereocenters. The number of hydrogen-bond acceptors (Lipinski definition) is 5. The second-order valence-corrected chi connectivity index (χ2v) is 8.97. The molecule has 0 radical (unpaired) electrons. The Labute approximate surface area is 209 Å². The summed E-state index contributed by atoms with van der Waals surface area (Å²) in [5.41, 5.74) is 5.59. The van der Waals surface area contributed by atoms with Gasteiger partial charge in [0.1, 0.15) is 5.92 Å². The molecule has 1 heterocycles. The monoisotopic (exact) mass is 487 g/mol. The van der Waals surface area contributed by atoms with Crippen molar-refractivity contribution in [3.05, 3.63) is 100 Å². The van der Waals surface area contributed by atoms with Crippen LogP contribution in [0.4, 0.5) is 11.4 Å². The van der Waals surface area contributed by atoms with Gasteiger partial charge in [-0.1, -0.05) is 48.0 Å². The Hall–Kier alpha value is -3.74. The van der Waals surface area contributed by atoms with Crippen molar-refractivity contribution >= 4 is 46.6 Å². The maximum absolute atomic E-state index is 13.1. The fourth-order valence-electron chi connectivity index (χ4n) is 4.02. The van der Waals surface area contributed by atoms with Crippen LogP contribution in [-0.4, -0.2) is 43.7 Å². The molecule has 3 aromatic carbocycles. The smallest absolute Gasteiger partial charge is 0.330 e. The number of nitrogens with one attached hydrogen (secondary N) is 1. The first kappa shape index (κ1) is 24.4. The topological polar surface area (TPSA) is 71.0 Å². The zero-order chi connectivity index (χ0) is 24.9. The molecule has 1 N–H and O–H groups in total. The quantitative estimate of drug-likeness (QED) is 0.273. The van der Waals surface area contributed by atoms with Gasteiger partial charge in [0.25, 0.3) is 0 Å². The molecular formula is C28H26ClN3O3. The lowest BCUT2D eigenvalue weighted by atomic mass is 9.90. The van der Waals surface area contributed by atoms with Crippen LogP contribution in [-0.2, 0) is 20.9 Å². The summed E-state index contributed by atoms with van der Waals surface area (Å²) in [5, 5.41) is 3.48. The van der Waals surface area contributed by atoms with E-state index in [9.17, 15) is 9.59 Å². The number of amides is 1. The number of esters is 1. The van der Waals surface area contributed by atoms with Gasteiger partial charge < -0.3 is 15.0 Å². The van der Waals surface area contributed by atoms with Gasteiger partial charge in [-0.15, -0.1) is 0 Å². The fourth-order valence-corrected chi connectivity index (χ4v) is 4.19. The van der Waals surface area contributed by atoms with Crippen LogP contribution in [0.15, 0.2) is 77.8 Å². The zero-order valence-corrected chi connectivity index (χ0v) is 20.5. The van der Waals surface area contributed by atoms with Crippen molar-refractivity contribution in [2.45, 2.75) is 12.5 Å². The normalized spacial score (nSPS) is 15.4. The van der Waals surface area contributed by atoms with Gasteiger partial charge in [-0.25, -0.2) is 4.79 Å². The molecule has 1 amide bonds. The van der Waals surface area contributed by atoms with Crippen LogP contribution in [0.25, 0.3) is 6.08 Å². The van der Waals surface area contributed by atoms with Gasteiger partial charge in [0, 0.05) is 23.3 Å². The lowest BCUT2D eigenvalue weighted by Gasteiger charge is -2.15. The SMILES string of the molecule is COC(=O)C=Cc1cccc(C(=Nc2ccc(CN(C)C)cc2)C2C(=O)Nc3cc(Cl)ccc32)c1. The third kappa shape index (κ3) is 5.85. The van der Waals surface area contributed by atoms with E-state index in [1.165, 1.54) is 18.7 Å². The molecule has 0 saturated carbocycles. The van der Waals surface area contributed by atoms with Crippen molar-refractivity contribution in [3.8, 4) is 0 Å². The largest absolute Gasteiger partial charge is 0.466 e. The van der Waals surface area contributed by atoms with Crippen molar-refractivity contribution in [2.75, 3.05) is 26.5 Å². The molecule has 0 bridgehead atoms. The van der Waals surface area contributed by atoms with Crippen molar-refractivity contribution in [1.29, 1.82) is 0 Å². The highest BCUT2D eigenvalue weighted by molar-refractivity contribution is 6.31. The van der Waals surface area contributed by atoms with Crippen LogP contribution >= 0.6 is 11.6 Å². The molecule has 0 saturated heterocycles. The maximum Gasteiger partial charge on any atom is 0.330 e. The summed E-state index contributed by atoms with van der Waals surface area (Å²) in [6.07, 6.45) is 3.03. The molecule has 178 valence electrons. The Balaban J connectivity index is 1.80. The molecular weight excluding hydrogens is 462 g/mol. The van der Waals surface area contributed by atoms with Crippen LogP contribution < -0.4 is 5.32 Å². The molecule has 0 spiro atoms. The van der Waals surface area contributed by atoms with Crippen molar-refractivity contribution < 1.29 is 14.3 Å². The molecule has 6 nitrogen and oxygen atoms in total. The second-order valence-electron chi connectivity index (χ2n) is 8.54. The molecule has 4 rings (SSSR count). The summed E-state index contributed by atoms with van der Waals surface area (Å²) >= 11 is 6.16. The number of carbonyl (C=O) groups is 2. The highest BCUT2D eigenvalue weighted by Gasteiger charge is 2.35. The number of nitrogens with zero attached hydrogens (tertiary/aromatic N) is 2. The van der Waals surface area contributed by atoms with Gasteiger partial charge in [0.05, 0.1) is 18.5 Å². The fraction of sp³-hybridized carbons (Fsp3) is 0.179. The van der Waals surface area contributed by atoms with Crippen LogP contribution in [0.5, 0.6) is 0 Å². The van der Waals surface area contributed by atoms with Crippen molar-refractivity contribution in [3.63, 3.8) is 0 Å². The van der Waals surface area contributed by atoms with E-state index in [1.807, 2.05) is 68.7 Å². The second kappa shape index (κ2) is 10.7. The average Bonchev–Trinajstić information content (AvgIpc) is 3.16. The molecule has 1 aliphatic heterocycles. The Morgan fingerprint density at radius 2 is 1.89 bits per heavy atom. The number of carbonyl (C=O) groups excluding carboxylic acids is 2. The molecule has 1 aliphatic rings. The van der Waals surface area contributed by atoms with Gasteiger partial charge in [0.15, 0.2) is 0 Å². The van der Waals surface area contributed by atoms with E-state index in [2.05, 4.69) is 10.2 Å². The minimum absolute atomic E-state index is 0.166. The molecule has 0 fully saturated rings. The Bertz CT molecular complexity index is 1310. The number of fused-ring (bicyclic) bond motifs is 1. The molecule has 35 heavy (non-hydrogen) atoms. The van der Waals surface area contributed by atoms with Gasteiger partial charge >= 0.3 is 5.97 Å². The molecule has 1 atom stereocenters. The number of benzene rings is 3.